The zero-order valence-corrected chi connectivity index (χ0v) is 26.2. The van der Waals surface area contributed by atoms with Crippen molar-refractivity contribution < 1.29 is 35.9 Å². The fraction of sp³-hybridized carbons (Fsp3) is 0.407. The second kappa shape index (κ2) is 13.2. The molecule has 2 N–H and O–H groups in total. The van der Waals surface area contributed by atoms with Crippen LogP contribution in [-0.4, -0.2) is 11.8 Å². The fourth-order valence-electron chi connectivity index (χ4n) is 2.74. The molecule has 0 atom stereocenters. The second-order valence-corrected chi connectivity index (χ2v) is 12.3. The molecule has 2 amide bonds. The first kappa shape index (κ1) is 35.9. The third kappa shape index (κ3) is 9.73. The van der Waals surface area contributed by atoms with Crippen LogP contribution in [0.1, 0.15) is 65.2 Å². The second-order valence-electron chi connectivity index (χ2n) is 10.4. The van der Waals surface area contributed by atoms with Gasteiger partial charge in [-0.1, -0.05) is 70.7 Å². The number of amides is 2. The molecule has 2 aromatic rings. The van der Waals surface area contributed by atoms with Gasteiger partial charge in [0.15, 0.2) is 0 Å². The molecule has 220 valence electrons. The van der Waals surface area contributed by atoms with Crippen LogP contribution in [0.15, 0.2) is 24.3 Å². The number of anilines is 2. The molecular weight excluding hydrogens is 696 g/mol. The van der Waals surface area contributed by atoms with Crippen LogP contribution >= 0.6 is 45.8 Å². The molecule has 0 radical (unpaired) electrons. The molecule has 40 heavy (non-hydrogen) atoms. The predicted octanol–water partition coefficient (Wildman–Crippen LogP) is 9.66. The fourth-order valence-corrected chi connectivity index (χ4v) is 4.34. The SMILES string of the molecule is CC#Cc1c(NC(=O)C(C)(C)C)ccc(Cl)c1C(F)(F)F.CC(C)(C)C(=O)Nc1ccc(Cl)c(C(F)(F)F)c1I. The van der Waals surface area contributed by atoms with Gasteiger partial charge in [-0.2, -0.15) is 26.3 Å². The molecule has 0 bridgehead atoms. The average molecular weight is 723 g/mol. The summed E-state index contributed by atoms with van der Waals surface area (Å²) < 4.78 is 77.8. The number of alkyl halides is 6. The summed E-state index contributed by atoms with van der Waals surface area (Å²) in [4.78, 5) is 23.8. The summed E-state index contributed by atoms with van der Waals surface area (Å²) in [6, 6.07) is 4.91. The Morgan fingerprint density at radius 3 is 1.48 bits per heavy atom. The van der Waals surface area contributed by atoms with E-state index < -0.39 is 45.2 Å². The molecule has 0 aliphatic heterocycles. The minimum Gasteiger partial charge on any atom is -0.325 e. The first-order valence-electron chi connectivity index (χ1n) is 11.4. The number of nitrogens with one attached hydrogen (secondary N) is 2. The smallest absolute Gasteiger partial charge is 0.325 e. The van der Waals surface area contributed by atoms with Crippen LogP contribution in [0.25, 0.3) is 0 Å². The Morgan fingerprint density at radius 1 is 0.725 bits per heavy atom. The third-order valence-electron chi connectivity index (χ3n) is 4.92. The summed E-state index contributed by atoms with van der Waals surface area (Å²) in [7, 11) is 0. The summed E-state index contributed by atoms with van der Waals surface area (Å²) in [5.74, 6) is 4.03. The van der Waals surface area contributed by atoms with Gasteiger partial charge in [0.1, 0.15) is 0 Å². The lowest BCUT2D eigenvalue weighted by Crippen LogP contribution is -2.28. The highest BCUT2D eigenvalue weighted by Gasteiger charge is 2.38. The van der Waals surface area contributed by atoms with Crippen LogP contribution in [0.5, 0.6) is 0 Å². The lowest BCUT2D eigenvalue weighted by atomic mass is 9.95. The maximum Gasteiger partial charge on any atom is 0.419 e. The molecule has 0 aromatic heterocycles. The van der Waals surface area contributed by atoms with Crippen LogP contribution in [0.3, 0.4) is 0 Å². The largest absolute Gasteiger partial charge is 0.419 e. The topological polar surface area (TPSA) is 58.2 Å². The van der Waals surface area contributed by atoms with Crippen molar-refractivity contribution in [1.82, 2.24) is 0 Å². The van der Waals surface area contributed by atoms with Gasteiger partial charge in [0.2, 0.25) is 11.8 Å². The van der Waals surface area contributed by atoms with Crippen molar-refractivity contribution in [3.63, 3.8) is 0 Å². The molecule has 0 heterocycles. The van der Waals surface area contributed by atoms with E-state index in [2.05, 4.69) is 22.5 Å². The van der Waals surface area contributed by atoms with Gasteiger partial charge < -0.3 is 10.6 Å². The normalized spacial score (nSPS) is 12.0. The average Bonchev–Trinajstić information content (AvgIpc) is 2.75. The molecule has 0 aliphatic rings. The van der Waals surface area contributed by atoms with Gasteiger partial charge in [0, 0.05) is 10.8 Å². The quantitative estimate of drug-likeness (QED) is 0.184. The molecule has 2 aromatic carbocycles. The van der Waals surface area contributed by atoms with Crippen molar-refractivity contribution in [3.05, 3.63) is 54.6 Å². The Hall–Kier alpha value is -2.17. The Balaban J connectivity index is 0.000000402. The van der Waals surface area contributed by atoms with E-state index >= 15 is 0 Å². The van der Waals surface area contributed by atoms with E-state index in [0.717, 1.165) is 12.1 Å². The zero-order chi connectivity index (χ0) is 31.4. The standard InChI is InChI=1S/C15H15ClF3NO.C12H12ClF3INO/c1-5-6-9-11(20-13(21)14(2,3)4)8-7-10(16)12(9)15(17,18)19;1-11(2,3)10(19)18-7-5-4-6(13)8(9(7)17)12(14,15)16/h7-8H,1-4H3,(H,20,21);4-5H,1-3H3,(H,18,19). The number of rotatable bonds is 2. The highest BCUT2D eigenvalue weighted by atomic mass is 127. The van der Waals surface area contributed by atoms with Crippen molar-refractivity contribution in [2.45, 2.75) is 60.8 Å². The molecular formula is C27H27Cl2F6IN2O2. The highest BCUT2D eigenvalue weighted by Crippen LogP contribution is 2.41. The van der Waals surface area contributed by atoms with Gasteiger partial charge in [-0.25, -0.2) is 0 Å². The summed E-state index contributed by atoms with van der Waals surface area (Å²) in [6.45, 7) is 11.4. The van der Waals surface area contributed by atoms with Crippen LogP contribution < -0.4 is 10.6 Å². The maximum atomic E-state index is 13.1. The molecule has 13 heteroatoms. The highest BCUT2D eigenvalue weighted by molar-refractivity contribution is 14.1. The summed E-state index contributed by atoms with van der Waals surface area (Å²) >= 11 is 12.8. The number of hydrogen-bond acceptors (Lipinski definition) is 2. The number of carbonyl (C=O) groups is 2. The molecule has 2 rings (SSSR count). The van der Waals surface area contributed by atoms with Crippen molar-refractivity contribution in [3.8, 4) is 11.8 Å². The Bertz CT molecular complexity index is 1330. The van der Waals surface area contributed by atoms with Gasteiger partial charge in [-0.05, 0) is 53.8 Å². The van der Waals surface area contributed by atoms with E-state index in [-0.39, 0.29) is 31.4 Å². The van der Waals surface area contributed by atoms with Gasteiger partial charge in [-0.15, -0.1) is 5.92 Å². The number of benzene rings is 2. The van der Waals surface area contributed by atoms with E-state index in [0.29, 0.717) is 0 Å². The lowest BCUT2D eigenvalue weighted by molar-refractivity contribution is -0.138. The van der Waals surface area contributed by atoms with E-state index in [4.69, 9.17) is 23.2 Å². The van der Waals surface area contributed by atoms with E-state index in [9.17, 15) is 35.9 Å². The molecule has 0 aliphatic carbocycles. The van der Waals surface area contributed by atoms with Crippen molar-refractivity contribution >= 4 is 69.0 Å². The maximum absolute atomic E-state index is 13.1. The first-order chi connectivity index (χ1) is 17.9. The van der Waals surface area contributed by atoms with E-state index in [1.807, 2.05) is 0 Å². The molecule has 0 unspecified atom stereocenters. The number of carbonyl (C=O) groups excluding carboxylic acids is 2. The van der Waals surface area contributed by atoms with E-state index in [1.165, 1.54) is 41.6 Å². The van der Waals surface area contributed by atoms with Crippen LogP contribution in [0.2, 0.25) is 10.0 Å². The first-order valence-corrected chi connectivity index (χ1v) is 13.3. The molecule has 0 fully saturated rings. The van der Waals surface area contributed by atoms with Gasteiger partial charge in [0.05, 0.1) is 41.7 Å². The Morgan fingerprint density at radius 2 is 1.10 bits per heavy atom. The van der Waals surface area contributed by atoms with Crippen molar-refractivity contribution in [1.29, 1.82) is 0 Å². The minimum absolute atomic E-state index is 0.000926. The van der Waals surface area contributed by atoms with Gasteiger partial charge in [0.25, 0.3) is 0 Å². The molecule has 4 nitrogen and oxygen atoms in total. The van der Waals surface area contributed by atoms with Gasteiger partial charge in [-0.3, -0.25) is 9.59 Å². The third-order valence-corrected chi connectivity index (χ3v) is 6.67. The van der Waals surface area contributed by atoms with E-state index in [1.54, 1.807) is 41.5 Å². The zero-order valence-electron chi connectivity index (χ0n) is 22.5. The summed E-state index contributed by atoms with van der Waals surface area (Å²) in [6.07, 6.45) is -9.21. The Kier molecular flexibility index (Phi) is 11.8. The Labute approximate surface area is 252 Å². The van der Waals surface area contributed by atoms with Crippen LogP contribution in [0.4, 0.5) is 37.7 Å². The van der Waals surface area contributed by atoms with Gasteiger partial charge >= 0.3 is 12.4 Å². The lowest BCUT2D eigenvalue weighted by Gasteiger charge is -2.20. The summed E-state index contributed by atoms with van der Waals surface area (Å²) in [5, 5.41) is 4.13. The molecule has 0 saturated heterocycles. The number of halogens is 9. The predicted molar refractivity (Wildman–Crippen MR) is 154 cm³/mol. The summed E-state index contributed by atoms with van der Waals surface area (Å²) in [5.41, 5.74) is -3.61. The minimum atomic E-state index is -4.65. The van der Waals surface area contributed by atoms with Crippen LogP contribution in [0, 0.1) is 26.2 Å². The monoisotopic (exact) mass is 722 g/mol. The number of hydrogen-bond donors (Lipinski definition) is 2. The van der Waals surface area contributed by atoms with Crippen molar-refractivity contribution in [2.75, 3.05) is 10.6 Å². The molecule has 0 saturated carbocycles. The van der Waals surface area contributed by atoms with Crippen LogP contribution in [-0.2, 0) is 21.9 Å². The van der Waals surface area contributed by atoms with Crippen molar-refractivity contribution in [2.24, 2.45) is 10.8 Å². The molecule has 0 spiro atoms.